The summed E-state index contributed by atoms with van der Waals surface area (Å²) < 4.78 is 10.2. The molecule has 0 aliphatic heterocycles. The number of methoxy groups -OCH3 is 2. The van der Waals surface area contributed by atoms with Gasteiger partial charge in [0.05, 0.1) is 6.61 Å². The van der Waals surface area contributed by atoms with Gasteiger partial charge in [0.2, 0.25) is 0 Å². The minimum Gasteiger partial charge on any atom is -0.385 e. The molecule has 1 rings (SSSR count). The Bertz CT molecular complexity index is 318. The van der Waals surface area contributed by atoms with E-state index < -0.39 is 0 Å². The van der Waals surface area contributed by atoms with Crippen LogP contribution in [-0.2, 0) is 22.6 Å². The van der Waals surface area contributed by atoms with Crippen molar-refractivity contribution in [1.82, 2.24) is 4.90 Å². The Hall–Kier alpha value is -0.460. The molecule has 0 aromatic carbocycles. The molecule has 4 nitrogen and oxygen atoms in total. The van der Waals surface area contributed by atoms with Crippen LogP contribution in [0.5, 0.6) is 0 Å². The highest BCUT2D eigenvalue weighted by Gasteiger charge is 2.07. The monoisotopic (exact) mass is 272 g/mol. The third-order valence-corrected chi connectivity index (χ3v) is 3.82. The Balaban J connectivity index is 2.42. The van der Waals surface area contributed by atoms with Gasteiger partial charge >= 0.3 is 0 Å². The van der Waals surface area contributed by atoms with E-state index in [1.165, 1.54) is 9.75 Å². The number of hydrogen-bond acceptors (Lipinski definition) is 5. The van der Waals surface area contributed by atoms with Crippen LogP contribution in [0.2, 0.25) is 0 Å². The number of ether oxygens (including phenoxy) is 2. The summed E-state index contributed by atoms with van der Waals surface area (Å²) >= 11 is 1.80. The van der Waals surface area contributed by atoms with Crippen LogP contribution in [0, 0.1) is 0 Å². The Morgan fingerprint density at radius 3 is 2.44 bits per heavy atom. The number of hydrogen-bond donors (Lipinski definition) is 1. The molecule has 0 amide bonds. The Morgan fingerprint density at radius 1 is 1.11 bits per heavy atom. The molecule has 0 saturated carbocycles. The molecule has 0 aliphatic rings. The van der Waals surface area contributed by atoms with Crippen molar-refractivity contribution in [1.29, 1.82) is 0 Å². The van der Waals surface area contributed by atoms with Crippen LogP contribution in [0.25, 0.3) is 0 Å². The van der Waals surface area contributed by atoms with Crippen LogP contribution in [0.15, 0.2) is 12.1 Å². The van der Waals surface area contributed by atoms with E-state index in [4.69, 9.17) is 15.2 Å². The van der Waals surface area contributed by atoms with E-state index in [0.29, 0.717) is 6.54 Å². The van der Waals surface area contributed by atoms with Gasteiger partial charge < -0.3 is 15.2 Å². The second-order valence-electron chi connectivity index (χ2n) is 4.19. The van der Waals surface area contributed by atoms with Crippen LogP contribution in [0.1, 0.15) is 16.2 Å². The van der Waals surface area contributed by atoms with Crippen molar-refractivity contribution < 1.29 is 9.47 Å². The molecule has 2 N–H and O–H groups in total. The molecule has 1 heterocycles. The first kappa shape index (κ1) is 15.6. The van der Waals surface area contributed by atoms with Crippen LogP contribution < -0.4 is 5.73 Å². The summed E-state index contributed by atoms with van der Waals surface area (Å²) in [7, 11) is 3.48. The van der Waals surface area contributed by atoms with E-state index in [-0.39, 0.29) is 0 Å². The number of nitrogens with two attached hydrogens (primary N) is 1. The summed E-state index contributed by atoms with van der Waals surface area (Å²) in [4.78, 5) is 5.01. The van der Waals surface area contributed by atoms with Gasteiger partial charge in [-0.25, -0.2) is 0 Å². The second-order valence-corrected chi connectivity index (χ2v) is 5.44. The highest BCUT2D eigenvalue weighted by molar-refractivity contribution is 7.11. The zero-order valence-corrected chi connectivity index (χ0v) is 12.2. The zero-order chi connectivity index (χ0) is 13.2. The summed E-state index contributed by atoms with van der Waals surface area (Å²) in [5, 5.41) is 0. The van der Waals surface area contributed by atoms with Crippen LogP contribution in [0.4, 0.5) is 0 Å². The lowest BCUT2D eigenvalue weighted by Gasteiger charge is -2.21. The molecule has 0 unspecified atom stereocenters. The summed E-state index contributed by atoms with van der Waals surface area (Å²) in [5.74, 6) is 0. The molecule has 104 valence electrons. The summed E-state index contributed by atoms with van der Waals surface area (Å²) in [6.45, 7) is 5.16. The van der Waals surface area contributed by atoms with Crippen molar-refractivity contribution in [3.63, 3.8) is 0 Å². The van der Waals surface area contributed by atoms with Crippen molar-refractivity contribution in [2.45, 2.75) is 19.5 Å². The molecular weight excluding hydrogens is 248 g/mol. The Labute approximate surface area is 114 Å². The van der Waals surface area contributed by atoms with Crippen molar-refractivity contribution >= 4 is 11.3 Å². The third kappa shape index (κ3) is 5.93. The maximum absolute atomic E-state index is 5.63. The smallest absolute Gasteiger partial charge is 0.0589 e. The molecule has 1 aromatic heterocycles. The fourth-order valence-corrected chi connectivity index (χ4v) is 2.70. The first-order valence-corrected chi connectivity index (χ1v) is 7.09. The fourth-order valence-electron chi connectivity index (χ4n) is 1.76. The van der Waals surface area contributed by atoms with Crippen molar-refractivity contribution in [3.05, 3.63) is 21.9 Å². The lowest BCUT2D eigenvalue weighted by Crippen LogP contribution is -2.28. The van der Waals surface area contributed by atoms with E-state index in [0.717, 1.165) is 39.3 Å². The first-order valence-electron chi connectivity index (χ1n) is 6.28. The van der Waals surface area contributed by atoms with E-state index >= 15 is 0 Å². The second kappa shape index (κ2) is 9.47. The zero-order valence-electron chi connectivity index (χ0n) is 11.4. The molecule has 0 aliphatic carbocycles. The maximum Gasteiger partial charge on any atom is 0.0589 e. The lowest BCUT2D eigenvalue weighted by atomic mass is 10.3. The van der Waals surface area contributed by atoms with Gasteiger partial charge in [-0.3, -0.25) is 4.90 Å². The van der Waals surface area contributed by atoms with E-state index in [9.17, 15) is 0 Å². The fraction of sp³-hybridized carbons (Fsp3) is 0.692. The molecule has 0 atom stereocenters. The van der Waals surface area contributed by atoms with Gasteiger partial charge in [-0.15, -0.1) is 11.3 Å². The average molecular weight is 272 g/mol. The normalized spacial score (nSPS) is 11.3. The van der Waals surface area contributed by atoms with Gasteiger partial charge in [0.1, 0.15) is 0 Å². The number of nitrogens with zero attached hydrogens (tertiary/aromatic N) is 1. The molecule has 0 bridgehead atoms. The van der Waals surface area contributed by atoms with E-state index in [1.54, 1.807) is 25.6 Å². The summed E-state index contributed by atoms with van der Waals surface area (Å²) in [6.07, 6.45) is 1.05. The minimum absolute atomic E-state index is 0.631. The summed E-state index contributed by atoms with van der Waals surface area (Å²) in [6, 6.07) is 4.28. The Morgan fingerprint density at radius 2 is 1.83 bits per heavy atom. The Kier molecular flexibility index (Phi) is 8.20. The molecule has 0 spiro atoms. The van der Waals surface area contributed by atoms with Crippen molar-refractivity contribution in [3.8, 4) is 0 Å². The largest absolute Gasteiger partial charge is 0.385 e. The van der Waals surface area contributed by atoms with Gasteiger partial charge in [0.25, 0.3) is 0 Å². The minimum atomic E-state index is 0.631. The third-order valence-electron chi connectivity index (χ3n) is 2.73. The van der Waals surface area contributed by atoms with E-state index in [2.05, 4.69) is 17.0 Å². The van der Waals surface area contributed by atoms with Crippen LogP contribution >= 0.6 is 11.3 Å². The molecule has 1 aromatic rings. The maximum atomic E-state index is 5.63. The quantitative estimate of drug-likeness (QED) is 0.659. The summed E-state index contributed by atoms with van der Waals surface area (Å²) in [5.41, 5.74) is 5.63. The highest BCUT2D eigenvalue weighted by Crippen LogP contribution is 2.17. The van der Waals surface area contributed by atoms with Gasteiger partial charge in [-0.1, -0.05) is 0 Å². The average Bonchev–Trinajstić information content (AvgIpc) is 2.83. The standard InChI is InChI=1S/C13H24N2O2S/c1-16-8-3-6-15(7-9-17-2)11-13-5-4-12(10-14)18-13/h4-5H,3,6-11,14H2,1-2H3. The van der Waals surface area contributed by atoms with Crippen LogP contribution in [-0.4, -0.2) is 45.4 Å². The SMILES string of the molecule is COCCCN(CCOC)Cc1ccc(CN)s1. The molecule has 0 saturated heterocycles. The van der Waals surface area contributed by atoms with Gasteiger partial charge in [-0.05, 0) is 18.6 Å². The van der Waals surface area contributed by atoms with Crippen molar-refractivity contribution in [2.24, 2.45) is 5.73 Å². The number of thiophene rings is 1. The lowest BCUT2D eigenvalue weighted by molar-refractivity contribution is 0.130. The van der Waals surface area contributed by atoms with Crippen LogP contribution in [0.3, 0.4) is 0 Å². The predicted molar refractivity (Wildman–Crippen MR) is 75.9 cm³/mol. The predicted octanol–water partition coefficient (Wildman–Crippen LogP) is 1.69. The molecule has 5 heteroatoms. The molecule has 18 heavy (non-hydrogen) atoms. The van der Waals surface area contributed by atoms with Gasteiger partial charge in [0.15, 0.2) is 0 Å². The number of rotatable bonds is 10. The highest BCUT2D eigenvalue weighted by atomic mass is 32.1. The van der Waals surface area contributed by atoms with Gasteiger partial charge in [0, 0.05) is 56.8 Å². The van der Waals surface area contributed by atoms with Crippen molar-refractivity contribution in [2.75, 3.05) is 40.5 Å². The van der Waals surface area contributed by atoms with Gasteiger partial charge in [-0.2, -0.15) is 0 Å². The first-order chi connectivity index (χ1) is 8.80. The molecule has 0 radical (unpaired) electrons. The molecular formula is C13H24N2O2S. The topological polar surface area (TPSA) is 47.7 Å². The van der Waals surface area contributed by atoms with E-state index in [1.807, 2.05) is 0 Å². The molecule has 0 fully saturated rings.